The van der Waals surface area contributed by atoms with Gasteiger partial charge in [0.2, 0.25) is 0 Å². The average molecular weight is 113 g/mol. The fourth-order valence-electron chi connectivity index (χ4n) is 0. The van der Waals surface area contributed by atoms with Gasteiger partial charge < -0.3 is 6.92 Å². The van der Waals surface area contributed by atoms with E-state index in [1.807, 2.05) is 0 Å². The summed E-state index contributed by atoms with van der Waals surface area (Å²) in [5, 5.41) is 0. The zero-order valence-corrected chi connectivity index (χ0v) is 4.44. The van der Waals surface area contributed by atoms with E-state index < -0.39 is 0 Å². The number of thiol groups is 1. The van der Waals surface area contributed by atoms with Crippen molar-refractivity contribution in [2.24, 2.45) is 0 Å². The summed E-state index contributed by atoms with van der Waals surface area (Å²) in [6.07, 6.45) is 0. The largest absolute Gasteiger partial charge is 0.334 e. The first-order valence-electron chi connectivity index (χ1n) is 0.816. The summed E-state index contributed by atoms with van der Waals surface area (Å²) in [6.45, 7) is 3.35. The second-order valence-electron chi connectivity index (χ2n) is 0.224. The van der Waals surface area contributed by atoms with Gasteiger partial charge in [0.25, 0.3) is 0 Å². The summed E-state index contributed by atoms with van der Waals surface area (Å²) < 4.78 is 0. The van der Waals surface area contributed by atoms with Crippen molar-refractivity contribution in [1.29, 1.82) is 0 Å². The van der Waals surface area contributed by atoms with E-state index in [2.05, 4.69) is 19.6 Å². The van der Waals surface area contributed by atoms with Crippen molar-refractivity contribution in [3.05, 3.63) is 6.92 Å². The first-order chi connectivity index (χ1) is 1.41. The van der Waals surface area contributed by atoms with Crippen molar-refractivity contribution in [3.63, 3.8) is 0 Å². The Bertz CT molecular complexity index is 6.00. The maximum absolute atomic E-state index is 3.68. The zero-order valence-electron chi connectivity index (χ0n) is 2.27. The van der Waals surface area contributed by atoms with E-state index in [4.69, 9.17) is 0 Å². The van der Waals surface area contributed by atoms with Crippen molar-refractivity contribution in [2.75, 3.05) is 5.75 Å². The number of hydrogen-bond acceptors (Lipinski definition) is 1. The molecule has 0 aliphatic heterocycles. The predicted molar refractivity (Wildman–Crippen MR) is 19.2 cm³/mol. The van der Waals surface area contributed by atoms with Gasteiger partial charge in [0.15, 0.2) is 0 Å². The monoisotopic (exact) mass is 113 g/mol. The molecule has 2 heteroatoms. The molecule has 0 rings (SSSR count). The van der Waals surface area contributed by atoms with E-state index in [1.165, 1.54) is 0 Å². The maximum atomic E-state index is 3.68. The molecule has 0 radical (unpaired) electrons. The minimum Gasteiger partial charge on any atom is -0.334 e. The molecule has 0 nitrogen and oxygen atoms in total. The van der Waals surface area contributed by atoms with Crippen LogP contribution in [0.4, 0.5) is 0 Å². The quantitative estimate of drug-likeness (QED) is 0.348. The molecule has 0 saturated carbocycles. The normalized spacial score (nSPS) is 4.50. The Labute approximate surface area is 43.1 Å². The molecule has 4 heavy (non-hydrogen) atoms. The van der Waals surface area contributed by atoms with Crippen LogP contribution in [-0.4, -0.2) is 5.75 Å². The topological polar surface area (TPSA) is 0 Å². The molecule has 0 aromatic carbocycles. The smallest absolute Gasteiger partial charge is 0 e. The van der Waals surface area contributed by atoms with Crippen molar-refractivity contribution in [2.45, 2.75) is 0 Å². The molecule has 0 heterocycles. The van der Waals surface area contributed by atoms with Crippen LogP contribution in [0.15, 0.2) is 0 Å². The third kappa shape index (κ3) is 13.1. The van der Waals surface area contributed by atoms with E-state index in [-0.39, 0.29) is 17.4 Å². The van der Waals surface area contributed by atoms with Gasteiger partial charge >= 0.3 is 0 Å². The SMILES string of the molecule is [CH2-]CS.[Cr]. The van der Waals surface area contributed by atoms with Crippen LogP contribution in [0.3, 0.4) is 0 Å². The van der Waals surface area contributed by atoms with E-state index in [1.54, 1.807) is 0 Å². The summed E-state index contributed by atoms with van der Waals surface area (Å²) >= 11 is 3.68. The molecule has 0 aliphatic carbocycles. The molecule has 0 aliphatic rings. The van der Waals surface area contributed by atoms with Crippen molar-refractivity contribution >= 4 is 12.6 Å². The van der Waals surface area contributed by atoms with Crippen LogP contribution in [0.5, 0.6) is 0 Å². The molecule has 0 aromatic heterocycles. The van der Waals surface area contributed by atoms with Crippen LogP contribution in [0.2, 0.25) is 0 Å². The van der Waals surface area contributed by atoms with Crippen LogP contribution in [0, 0.1) is 6.92 Å². The molecule has 0 N–H and O–H groups in total. The summed E-state index contributed by atoms with van der Waals surface area (Å²) in [7, 11) is 0. The number of hydrogen-bond donors (Lipinski definition) is 1. The van der Waals surface area contributed by atoms with Gasteiger partial charge in [-0.15, -0.1) is 5.75 Å². The molecule has 26 valence electrons. The second-order valence-corrected chi connectivity index (χ2v) is 0.671. The molecule has 0 bridgehead atoms. The Morgan fingerprint density at radius 3 is 1.75 bits per heavy atom. The number of rotatable bonds is 0. The van der Waals surface area contributed by atoms with E-state index >= 15 is 0 Å². The van der Waals surface area contributed by atoms with Crippen molar-refractivity contribution in [1.82, 2.24) is 0 Å². The Hall–Kier alpha value is 0.882. The van der Waals surface area contributed by atoms with Crippen molar-refractivity contribution < 1.29 is 17.4 Å². The van der Waals surface area contributed by atoms with Gasteiger partial charge in [-0.25, -0.2) is 12.6 Å². The standard InChI is InChI=1S/C2H5S.Cr/c1-2-3;/h3H,1-2H2;/q-1;. The van der Waals surface area contributed by atoms with Crippen LogP contribution in [0.1, 0.15) is 0 Å². The van der Waals surface area contributed by atoms with Crippen LogP contribution < -0.4 is 0 Å². The Morgan fingerprint density at radius 2 is 1.75 bits per heavy atom. The first kappa shape index (κ1) is 8.86. The Balaban J connectivity index is 0. The fraction of sp³-hybridized carbons (Fsp3) is 0.500. The van der Waals surface area contributed by atoms with Gasteiger partial charge in [-0.05, 0) is 0 Å². The van der Waals surface area contributed by atoms with Gasteiger partial charge in [-0.1, -0.05) is 0 Å². The van der Waals surface area contributed by atoms with E-state index in [9.17, 15) is 0 Å². The van der Waals surface area contributed by atoms with Gasteiger partial charge in [0, 0.05) is 17.4 Å². The Morgan fingerprint density at radius 1 is 1.75 bits per heavy atom. The van der Waals surface area contributed by atoms with Crippen LogP contribution in [0.25, 0.3) is 0 Å². The van der Waals surface area contributed by atoms with Crippen LogP contribution >= 0.6 is 12.6 Å². The molecule has 0 amide bonds. The first-order valence-corrected chi connectivity index (χ1v) is 1.45. The minimum atomic E-state index is 0. The van der Waals surface area contributed by atoms with Gasteiger partial charge in [0.05, 0.1) is 0 Å². The molecule has 0 spiro atoms. The molecule has 0 saturated heterocycles. The van der Waals surface area contributed by atoms with Crippen molar-refractivity contribution in [3.8, 4) is 0 Å². The fourth-order valence-corrected chi connectivity index (χ4v) is 0. The van der Waals surface area contributed by atoms with E-state index in [0.29, 0.717) is 5.75 Å². The average Bonchev–Trinajstić information content (AvgIpc) is 0.918. The molecule has 0 fully saturated rings. The predicted octanol–water partition coefficient (Wildman–Crippen LogP) is 0.748. The molecule has 0 aromatic rings. The summed E-state index contributed by atoms with van der Waals surface area (Å²) in [5.41, 5.74) is 0. The summed E-state index contributed by atoms with van der Waals surface area (Å²) in [4.78, 5) is 0. The molecule has 0 atom stereocenters. The zero-order chi connectivity index (χ0) is 2.71. The third-order valence-electron chi connectivity index (χ3n) is 0. The third-order valence-corrected chi connectivity index (χ3v) is 0. The van der Waals surface area contributed by atoms with Gasteiger partial charge in [-0.2, -0.15) is 0 Å². The minimum absolute atomic E-state index is 0. The molecular formula is C2H5CrS-. The molecule has 0 unspecified atom stereocenters. The van der Waals surface area contributed by atoms with E-state index in [0.717, 1.165) is 0 Å². The maximum Gasteiger partial charge on any atom is 0 e. The van der Waals surface area contributed by atoms with Gasteiger partial charge in [-0.3, -0.25) is 0 Å². The summed E-state index contributed by atoms with van der Waals surface area (Å²) in [6, 6.07) is 0. The second kappa shape index (κ2) is 9.10. The summed E-state index contributed by atoms with van der Waals surface area (Å²) in [5.74, 6) is 0.694. The molecular weight excluding hydrogens is 108 g/mol. The van der Waals surface area contributed by atoms with Crippen LogP contribution in [-0.2, 0) is 17.4 Å². The van der Waals surface area contributed by atoms with Gasteiger partial charge in [0.1, 0.15) is 0 Å². The Kier molecular flexibility index (Phi) is 20.2.